The second-order valence-corrected chi connectivity index (χ2v) is 11.2. The number of hydrogen-bond acceptors (Lipinski definition) is 8. The molecule has 10 nitrogen and oxygen atoms in total. The van der Waals surface area contributed by atoms with Crippen LogP contribution in [-0.2, 0) is 19.6 Å². The summed E-state index contributed by atoms with van der Waals surface area (Å²) in [5.41, 5.74) is 3.74. The maximum absolute atomic E-state index is 12.9. The number of nitrogens with zero attached hydrogens (tertiary/aromatic N) is 3. The molecule has 33 heavy (non-hydrogen) atoms. The zero-order chi connectivity index (χ0) is 23.1. The summed E-state index contributed by atoms with van der Waals surface area (Å²) in [6.45, 7) is 2.86. The summed E-state index contributed by atoms with van der Waals surface area (Å²) in [5.74, 6) is -0.375. The minimum atomic E-state index is -3.44. The van der Waals surface area contributed by atoms with Crippen molar-refractivity contribution in [1.29, 1.82) is 5.26 Å². The second kappa shape index (κ2) is 8.85. The smallest absolute Gasteiger partial charge is 0.243 e. The van der Waals surface area contributed by atoms with Crippen molar-refractivity contribution in [3.05, 3.63) is 24.3 Å². The third-order valence-corrected chi connectivity index (χ3v) is 9.19. The van der Waals surface area contributed by atoms with E-state index in [1.54, 1.807) is 24.3 Å². The van der Waals surface area contributed by atoms with Gasteiger partial charge >= 0.3 is 0 Å². The van der Waals surface area contributed by atoms with Crippen molar-refractivity contribution in [1.82, 2.24) is 20.1 Å². The fourth-order valence-electron chi connectivity index (χ4n) is 5.39. The molecule has 1 aromatic carbocycles. The number of rotatable bonds is 6. The highest BCUT2D eigenvalue weighted by Gasteiger charge is 2.54. The first-order valence-electron chi connectivity index (χ1n) is 11.6. The first kappa shape index (κ1) is 22.6. The van der Waals surface area contributed by atoms with Crippen LogP contribution in [0.25, 0.3) is 0 Å². The van der Waals surface area contributed by atoms with Crippen molar-refractivity contribution in [3.8, 4) is 6.07 Å². The van der Waals surface area contributed by atoms with Crippen molar-refractivity contribution >= 4 is 21.6 Å². The molecule has 1 amide bonds. The quantitative estimate of drug-likeness (QED) is 0.547. The minimum Gasteiger partial charge on any atom is -0.379 e. The van der Waals surface area contributed by atoms with E-state index in [-0.39, 0.29) is 28.9 Å². The van der Waals surface area contributed by atoms with Crippen LogP contribution >= 0.6 is 0 Å². The molecule has 4 aliphatic heterocycles. The Bertz CT molecular complexity index is 1030. The second-order valence-electron chi connectivity index (χ2n) is 9.29. The Kier molecular flexibility index (Phi) is 6.05. The van der Waals surface area contributed by atoms with Crippen molar-refractivity contribution in [2.45, 2.75) is 54.7 Å². The molecule has 4 heterocycles. The van der Waals surface area contributed by atoms with Gasteiger partial charge in [-0.2, -0.15) is 9.57 Å². The highest BCUT2D eigenvalue weighted by molar-refractivity contribution is 7.89. The van der Waals surface area contributed by atoms with Crippen molar-refractivity contribution in [3.63, 3.8) is 0 Å². The molecule has 5 rings (SSSR count). The Labute approximate surface area is 194 Å². The van der Waals surface area contributed by atoms with Gasteiger partial charge < -0.3 is 15.4 Å². The van der Waals surface area contributed by atoms with Gasteiger partial charge in [-0.1, -0.05) is 0 Å². The van der Waals surface area contributed by atoms with E-state index in [1.165, 1.54) is 4.31 Å². The van der Waals surface area contributed by atoms with E-state index < -0.39 is 15.6 Å². The number of nitrogens with one attached hydrogen (secondary N) is 3. The molecular formula is C22H30N6O4S. The molecule has 0 spiro atoms. The van der Waals surface area contributed by atoms with Crippen LogP contribution in [0.15, 0.2) is 29.2 Å². The number of amides is 1. The molecule has 178 valence electrons. The monoisotopic (exact) mass is 474 g/mol. The number of benzene rings is 1. The maximum Gasteiger partial charge on any atom is 0.243 e. The molecule has 0 aliphatic carbocycles. The topological polar surface area (TPSA) is 127 Å². The first-order chi connectivity index (χ1) is 15.9. The summed E-state index contributed by atoms with van der Waals surface area (Å²) in [7, 11) is -3.44. The van der Waals surface area contributed by atoms with Crippen LogP contribution in [0.3, 0.4) is 0 Å². The zero-order valence-corrected chi connectivity index (χ0v) is 19.3. The number of carbonyl (C=O) groups excluding carboxylic acids is 1. The summed E-state index contributed by atoms with van der Waals surface area (Å²) in [6, 6.07) is 8.95. The van der Waals surface area contributed by atoms with Crippen LogP contribution in [0.4, 0.5) is 5.69 Å². The summed E-state index contributed by atoms with van der Waals surface area (Å²) in [4.78, 5) is 13.1. The zero-order valence-electron chi connectivity index (χ0n) is 18.5. The SMILES string of the molecule is N#CC[C@@]1(N2NC(Nc3ccc(S(=O)(=O)N4CCC4)cc3)C3C(=O)NCCC32)CCCOC1. The summed E-state index contributed by atoms with van der Waals surface area (Å²) >= 11 is 0. The van der Waals surface area contributed by atoms with Gasteiger partial charge in [-0.15, -0.1) is 0 Å². The van der Waals surface area contributed by atoms with Crippen molar-refractivity contribution in [2.75, 3.05) is 38.2 Å². The van der Waals surface area contributed by atoms with Gasteiger partial charge in [0.1, 0.15) is 6.17 Å². The molecule has 4 atom stereocenters. The molecule has 3 unspecified atom stereocenters. The van der Waals surface area contributed by atoms with E-state index in [4.69, 9.17) is 4.74 Å². The van der Waals surface area contributed by atoms with Gasteiger partial charge in [0.25, 0.3) is 0 Å². The minimum absolute atomic E-state index is 0.0282. The Hall–Kier alpha value is -2.23. The number of sulfonamides is 1. The molecule has 0 bridgehead atoms. The van der Waals surface area contributed by atoms with Crippen LogP contribution < -0.4 is 16.1 Å². The average Bonchev–Trinajstić information content (AvgIpc) is 3.14. The lowest BCUT2D eigenvalue weighted by atomic mass is 9.84. The number of nitriles is 1. The van der Waals surface area contributed by atoms with E-state index in [9.17, 15) is 18.5 Å². The third kappa shape index (κ3) is 4.00. The Morgan fingerprint density at radius 1 is 1.24 bits per heavy atom. The van der Waals surface area contributed by atoms with Crippen molar-refractivity contribution in [2.24, 2.45) is 5.92 Å². The molecule has 11 heteroatoms. The Balaban J connectivity index is 1.37. The molecule has 1 aromatic rings. The number of ether oxygens (including phenoxy) is 1. The first-order valence-corrected chi connectivity index (χ1v) is 13.0. The number of carbonyl (C=O) groups is 1. The Morgan fingerprint density at radius 3 is 2.67 bits per heavy atom. The standard InChI is InChI=1S/C22H30N6O4S/c23-10-9-22(8-1-14-32-15-22)28-18-7-11-24-21(29)19(18)20(26-28)25-16-3-5-17(6-4-16)33(30,31)27-12-2-13-27/h3-6,18-20,25-26H,1-2,7-9,11-15H2,(H,24,29)/t18?,19?,20?,22-/m0/s1. The number of anilines is 1. The normalized spacial score (nSPS) is 32.9. The van der Waals surface area contributed by atoms with Gasteiger partial charge in [-0.05, 0) is 49.9 Å². The predicted molar refractivity (Wildman–Crippen MR) is 120 cm³/mol. The Morgan fingerprint density at radius 2 is 2.03 bits per heavy atom. The van der Waals surface area contributed by atoms with Gasteiger partial charge in [0.2, 0.25) is 15.9 Å². The lowest BCUT2D eigenvalue weighted by Crippen LogP contribution is -2.61. The molecule has 4 fully saturated rings. The van der Waals surface area contributed by atoms with Crippen LogP contribution in [0.1, 0.15) is 32.1 Å². The molecule has 0 radical (unpaired) electrons. The van der Waals surface area contributed by atoms with Crippen LogP contribution in [0.5, 0.6) is 0 Å². The largest absolute Gasteiger partial charge is 0.379 e. The van der Waals surface area contributed by atoms with Crippen LogP contribution in [0.2, 0.25) is 0 Å². The van der Waals surface area contributed by atoms with Gasteiger partial charge in [0.05, 0.1) is 35.4 Å². The molecule has 4 aliphatic rings. The van der Waals surface area contributed by atoms with Crippen LogP contribution in [-0.4, -0.2) is 74.2 Å². The number of hydrogen-bond donors (Lipinski definition) is 3. The van der Waals surface area contributed by atoms with Gasteiger partial charge in [-0.3, -0.25) is 4.79 Å². The highest BCUT2D eigenvalue weighted by atomic mass is 32.2. The lowest BCUT2D eigenvalue weighted by Gasteiger charge is -2.46. The number of piperidine rings is 1. The summed E-state index contributed by atoms with van der Waals surface area (Å²) in [5, 5.41) is 18.0. The fourth-order valence-corrected chi connectivity index (χ4v) is 6.91. The molecule has 0 aromatic heterocycles. The maximum atomic E-state index is 12.9. The predicted octanol–water partition coefficient (Wildman–Crippen LogP) is 0.607. The average molecular weight is 475 g/mol. The fraction of sp³-hybridized carbons (Fsp3) is 0.636. The van der Waals surface area contributed by atoms with Crippen molar-refractivity contribution < 1.29 is 17.9 Å². The van der Waals surface area contributed by atoms with Gasteiger partial charge in [-0.25, -0.2) is 18.9 Å². The van der Waals surface area contributed by atoms with E-state index in [0.717, 1.165) is 31.4 Å². The van der Waals surface area contributed by atoms with E-state index in [1.807, 2.05) is 0 Å². The molecule has 4 saturated heterocycles. The number of fused-ring (bicyclic) bond motifs is 1. The highest BCUT2D eigenvalue weighted by Crippen LogP contribution is 2.39. The van der Waals surface area contributed by atoms with Crippen LogP contribution in [0, 0.1) is 17.2 Å². The van der Waals surface area contributed by atoms with Gasteiger partial charge in [0, 0.05) is 38.0 Å². The van der Waals surface area contributed by atoms with Gasteiger partial charge in [0.15, 0.2) is 0 Å². The molecule has 0 saturated carbocycles. The molecular weight excluding hydrogens is 444 g/mol. The molecule has 3 N–H and O–H groups in total. The summed E-state index contributed by atoms with van der Waals surface area (Å²) < 4.78 is 32.5. The summed E-state index contributed by atoms with van der Waals surface area (Å²) in [6.07, 6.45) is 3.31. The van der Waals surface area contributed by atoms with E-state index in [0.29, 0.717) is 39.3 Å². The lowest BCUT2D eigenvalue weighted by molar-refractivity contribution is -0.130. The van der Waals surface area contributed by atoms with E-state index in [2.05, 4.69) is 27.1 Å². The van der Waals surface area contributed by atoms with E-state index >= 15 is 0 Å². The number of hydrazine groups is 1. The third-order valence-electron chi connectivity index (χ3n) is 7.28.